The van der Waals surface area contributed by atoms with E-state index in [1.807, 2.05) is 0 Å². The van der Waals surface area contributed by atoms with Crippen molar-refractivity contribution in [2.45, 2.75) is 25.2 Å². The minimum absolute atomic E-state index is 0.361. The van der Waals surface area contributed by atoms with Gasteiger partial charge in [-0.3, -0.25) is 4.79 Å². The third-order valence-corrected chi connectivity index (χ3v) is 2.32. The van der Waals surface area contributed by atoms with Crippen molar-refractivity contribution in [2.75, 3.05) is 13.1 Å². The van der Waals surface area contributed by atoms with E-state index in [1.54, 1.807) is 0 Å². The van der Waals surface area contributed by atoms with Crippen LogP contribution in [0, 0.1) is 5.92 Å². The van der Waals surface area contributed by atoms with Gasteiger partial charge in [0.05, 0.1) is 0 Å². The van der Waals surface area contributed by atoms with Crippen molar-refractivity contribution in [3.63, 3.8) is 0 Å². The van der Waals surface area contributed by atoms with Gasteiger partial charge in [-0.15, -0.1) is 0 Å². The SMILES string of the molecule is O=C(O)CC(F)(F)C1CCNCC1. The minimum Gasteiger partial charge on any atom is -0.481 e. The Kier molecular flexibility index (Phi) is 3.19. The Balaban J connectivity index is 2.50. The van der Waals surface area contributed by atoms with Crippen molar-refractivity contribution in [1.82, 2.24) is 5.32 Å². The zero-order valence-corrected chi connectivity index (χ0v) is 7.22. The smallest absolute Gasteiger partial charge is 0.309 e. The zero-order chi connectivity index (χ0) is 9.90. The van der Waals surface area contributed by atoms with Crippen LogP contribution >= 0.6 is 0 Å². The van der Waals surface area contributed by atoms with E-state index in [4.69, 9.17) is 5.11 Å². The highest BCUT2D eigenvalue weighted by molar-refractivity contribution is 5.67. The molecule has 1 aliphatic heterocycles. The highest BCUT2D eigenvalue weighted by atomic mass is 19.3. The number of rotatable bonds is 3. The van der Waals surface area contributed by atoms with Crippen molar-refractivity contribution in [1.29, 1.82) is 0 Å². The maximum absolute atomic E-state index is 13.2. The van der Waals surface area contributed by atoms with E-state index in [2.05, 4.69) is 5.32 Å². The molecule has 0 aromatic carbocycles. The number of aliphatic carboxylic acids is 1. The van der Waals surface area contributed by atoms with Gasteiger partial charge in [0, 0.05) is 5.92 Å². The lowest BCUT2D eigenvalue weighted by molar-refractivity contribution is -0.150. The van der Waals surface area contributed by atoms with Crippen LogP contribution in [0.3, 0.4) is 0 Å². The molecule has 0 atom stereocenters. The van der Waals surface area contributed by atoms with Crippen LogP contribution in [0.5, 0.6) is 0 Å². The van der Waals surface area contributed by atoms with Crippen LogP contribution < -0.4 is 5.32 Å². The number of carboxylic acids is 1. The fraction of sp³-hybridized carbons (Fsp3) is 0.875. The number of carbonyl (C=O) groups is 1. The number of halogens is 2. The zero-order valence-electron chi connectivity index (χ0n) is 7.22. The van der Waals surface area contributed by atoms with Crippen LogP contribution in [0.4, 0.5) is 8.78 Å². The second kappa shape index (κ2) is 4.00. The molecule has 1 aliphatic rings. The standard InChI is InChI=1S/C8H13F2NO2/c9-8(10,5-7(12)13)6-1-3-11-4-2-6/h6,11H,1-5H2,(H,12,13). The lowest BCUT2D eigenvalue weighted by Gasteiger charge is -2.29. The summed E-state index contributed by atoms with van der Waals surface area (Å²) in [5, 5.41) is 11.2. The van der Waals surface area contributed by atoms with E-state index < -0.39 is 24.2 Å². The summed E-state index contributed by atoms with van der Waals surface area (Å²) in [4.78, 5) is 10.2. The van der Waals surface area contributed by atoms with Gasteiger partial charge in [0.15, 0.2) is 0 Å². The van der Waals surface area contributed by atoms with Gasteiger partial charge >= 0.3 is 5.97 Å². The molecule has 3 nitrogen and oxygen atoms in total. The Bertz CT molecular complexity index is 191. The number of alkyl halides is 2. The molecule has 1 saturated heterocycles. The maximum Gasteiger partial charge on any atom is 0.309 e. The maximum atomic E-state index is 13.2. The van der Waals surface area contributed by atoms with E-state index in [0.29, 0.717) is 25.9 Å². The average molecular weight is 193 g/mol. The molecular formula is C8H13F2NO2. The van der Waals surface area contributed by atoms with Gasteiger partial charge in [0.2, 0.25) is 0 Å². The number of hydrogen-bond acceptors (Lipinski definition) is 2. The largest absolute Gasteiger partial charge is 0.481 e. The van der Waals surface area contributed by atoms with E-state index in [1.165, 1.54) is 0 Å². The normalized spacial score (nSPS) is 20.2. The van der Waals surface area contributed by atoms with Crippen LogP contribution in [-0.2, 0) is 4.79 Å². The van der Waals surface area contributed by atoms with Gasteiger partial charge in [-0.1, -0.05) is 0 Å². The molecule has 0 aromatic rings. The van der Waals surface area contributed by atoms with Crippen molar-refractivity contribution in [3.8, 4) is 0 Å². The predicted molar refractivity (Wildman–Crippen MR) is 42.8 cm³/mol. The van der Waals surface area contributed by atoms with E-state index in [0.717, 1.165) is 0 Å². The molecule has 0 saturated carbocycles. The van der Waals surface area contributed by atoms with Crippen molar-refractivity contribution in [3.05, 3.63) is 0 Å². The van der Waals surface area contributed by atoms with Gasteiger partial charge in [0.1, 0.15) is 6.42 Å². The third kappa shape index (κ3) is 2.91. The Morgan fingerprint density at radius 3 is 2.46 bits per heavy atom. The fourth-order valence-corrected chi connectivity index (χ4v) is 1.59. The molecular weight excluding hydrogens is 180 g/mol. The summed E-state index contributed by atoms with van der Waals surface area (Å²) in [6, 6.07) is 0. The summed E-state index contributed by atoms with van der Waals surface area (Å²) < 4.78 is 26.3. The summed E-state index contributed by atoms with van der Waals surface area (Å²) in [6.45, 7) is 1.11. The molecule has 0 amide bonds. The van der Waals surface area contributed by atoms with E-state index >= 15 is 0 Å². The summed E-state index contributed by atoms with van der Waals surface area (Å²) in [7, 11) is 0. The topological polar surface area (TPSA) is 49.3 Å². The summed E-state index contributed by atoms with van der Waals surface area (Å²) >= 11 is 0. The molecule has 1 heterocycles. The van der Waals surface area contributed by atoms with Gasteiger partial charge < -0.3 is 10.4 Å². The Morgan fingerprint density at radius 2 is 2.00 bits per heavy atom. The number of nitrogens with one attached hydrogen (secondary N) is 1. The van der Waals surface area contributed by atoms with Crippen LogP contribution in [0.25, 0.3) is 0 Å². The monoisotopic (exact) mass is 193 g/mol. The minimum atomic E-state index is -3.05. The molecule has 0 radical (unpaired) electrons. The molecule has 1 fully saturated rings. The molecule has 2 N–H and O–H groups in total. The highest BCUT2D eigenvalue weighted by Gasteiger charge is 2.41. The van der Waals surface area contributed by atoms with Gasteiger partial charge in [-0.25, -0.2) is 8.78 Å². The lowest BCUT2D eigenvalue weighted by Crippen LogP contribution is -2.39. The molecule has 1 rings (SSSR count). The highest BCUT2D eigenvalue weighted by Crippen LogP contribution is 2.34. The van der Waals surface area contributed by atoms with Gasteiger partial charge in [-0.2, -0.15) is 0 Å². The molecule has 0 aromatic heterocycles. The Hall–Kier alpha value is -0.710. The molecule has 0 bridgehead atoms. The van der Waals surface area contributed by atoms with Crippen LogP contribution in [0.1, 0.15) is 19.3 Å². The molecule has 76 valence electrons. The predicted octanol–water partition coefficient (Wildman–Crippen LogP) is 1.10. The summed E-state index contributed by atoms with van der Waals surface area (Å²) in [6.07, 6.45) is -0.321. The molecule has 0 aliphatic carbocycles. The fourth-order valence-electron chi connectivity index (χ4n) is 1.59. The first-order chi connectivity index (χ1) is 6.02. The molecule has 0 unspecified atom stereocenters. The van der Waals surface area contributed by atoms with Crippen LogP contribution in [-0.4, -0.2) is 30.1 Å². The Morgan fingerprint density at radius 1 is 1.46 bits per heavy atom. The second-order valence-electron chi connectivity index (χ2n) is 3.36. The van der Waals surface area contributed by atoms with E-state index in [-0.39, 0.29) is 0 Å². The quantitative estimate of drug-likeness (QED) is 0.705. The number of carboxylic acid groups (broad SMARTS) is 1. The first-order valence-corrected chi connectivity index (χ1v) is 4.33. The van der Waals surface area contributed by atoms with Crippen LogP contribution in [0.15, 0.2) is 0 Å². The summed E-state index contributed by atoms with van der Waals surface area (Å²) in [5.41, 5.74) is 0. The number of hydrogen-bond donors (Lipinski definition) is 2. The molecule has 0 spiro atoms. The third-order valence-electron chi connectivity index (χ3n) is 2.32. The van der Waals surface area contributed by atoms with Crippen molar-refractivity contribution >= 4 is 5.97 Å². The first-order valence-electron chi connectivity index (χ1n) is 4.33. The average Bonchev–Trinajstić information content (AvgIpc) is 2.04. The van der Waals surface area contributed by atoms with Crippen molar-refractivity contribution in [2.24, 2.45) is 5.92 Å². The lowest BCUT2D eigenvalue weighted by atomic mass is 9.89. The second-order valence-corrected chi connectivity index (χ2v) is 3.36. The number of piperidine rings is 1. The molecule has 13 heavy (non-hydrogen) atoms. The van der Waals surface area contributed by atoms with Gasteiger partial charge in [0.25, 0.3) is 5.92 Å². The van der Waals surface area contributed by atoms with Crippen LogP contribution in [0.2, 0.25) is 0 Å². The van der Waals surface area contributed by atoms with Crippen molar-refractivity contribution < 1.29 is 18.7 Å². The van der Waals surface area contributed by atoms with Gasteiger partial charge in [-0.05, 0) is 25.9 Å². The first kappa shape index (κ1) is 10.4. The van der Waals surface area contributed by atoms with E-state index in [9.17, 15) is 13.6 Å². The molecule has 5 heteroatoms. The summed E-state index contributed by atoms with van der Waals surface area (Å²) in [5.74, 6) is -5.25. The Labute approximate surface area is 75.1 Å².